The van der Waals surface area contributed by atoms with E-state index in [-0.39, 0.29) is 0 Å². The number of hydrogen-bond acceptors (Lipinski definition) is 0. The van der Waals surface area contributed by atoms with Gasteiger partial charge in [0, 0.05) is 6.42 Å². The van der Waals surface area contributed by atoms with Crippen LogP contribution in [0.25, 0.3) is 0 Å². The Kier molecular flexibility index (Phi) is 4.94. The molecule has 0 radical (unpaired) electrons. The molecule has 0 bridgehead atoms. The molecule has 0 N–H and O–H groups in total. The highest BCUT2D eigenvalue weighted by atomic mass is 79.9. The lowest BCUT2D eigenvalue weighted by atomic mass is 10.2. The summed E-state index contributed by atoms with van der Waals surface area (Å²) in [5.41, 5.74) is 4.56. The maximum Gasteiger partial charge on any atom is 0.274 e. The Morgan fingerprint density at radius 1 is 1.21 bits per heavy atom. The van der Waals surface area contributed by atoms with Crippen LogP contribution in [-0.2, 0) is 6.42 Å². The van der Waals surface area contributed by atoms with Gasteiger partial charge in [-0.3, -0.25) is 0 Å². The molecule has 1 aromatic carbocycles. The Labute approximate surface area is 102 Å². The molecule has 74 valence electrons. The highest BCUT2D eigenvalue weighted by Crippen LogP contribution is 2.23. The topological polar surface area (TPSA) is 0 Å². The van der Waals surface area contributed by atoms with Crippen molar-refractivity contribution in [3.05, 3.63) is 35.9 Å². The first-order chi connectivity index (χ1) is 6.64. The van der Waals surface area contributed by atoms with Crippen molar-refractivity contribution in [1.29, 1.82) is 0 Å². The highest BCUT2D eigenvalue weighted by Gasteiger charge is 2.19. The van der Waals surface area contributed by atoms with Crippen LogP contribution in [0.1, 0.15) is 12.5 Å². The molecule has 0 fully saturated rings. The molecule has 0 nitrogen and oxygen atoms in total. The first-order valence-electron chi connectivity index (χ1n) is 4.56. The molecule has 1 aromatic rings. The average Bonchev–Trinajstić information content (AvgIpc) is 2.19. The lowest BCUT2D eigenvalue weighted by Gasteiger charge is -2.04. The molecule has 0 amide bonds. The van der Waals surface area contributed by atoms with Crippen LogP contribution >= 0.6 is 30.6 Å². The number of benzene rings is 1. The Balaban J connectivity index is 2.56. The lowest BCUT2D eigenvalue weighted by molar-refractivity contribution is 1.32. The summed E-state index contributed by atoms with van der Waals surface area (Å²) in [6.07, 6.45) is 0.840. The second-order valence-electron chi connectivity index (χ2n) is 3.02. The SMILES string of the molecule is CC[Si](Br)(Br)C#CCc1ccccc1. The van der Waals surface area contributed by atoms with Gasteiger partial charge < -0.3 is 0 Å². The third-order valence-electron chi connectivity index (χ3n) is 1.85. The van der Waals surface area contributed by atoms with Gasteiger partial charge in [-0.2, -0.15) is 0 Å². The first-order valence-corrected chi connectivity index (χ1v) is 11.3. The van der Waals surface area contributed by atoms with Crippen molar-refractivity contribution in [1.82, 2.24) is 0 Å². The van der Waals surface area contributed by atoms with Crippen LogP contribution in [0.5, 0.6) is 0 Å². The zero-order valence-electron chi connectivity index (χ0n) is 8.06. The second-order valence-corrected chi connectivity index (χ2v) is 16.7. The van der Waals surface area contributed by atoms with Crippen LogP contribution in [0.2, 0.25) is 6.04 Å². The molecule has 1 rings (SSSR count). The predicted octanol–water partition coefficient (Wildman–Crippen LogP) is 4.02. The fourth-order valence-electron chi connectivity index (χ4n) is 0.960. The van der Waals surface area contributed by atoms with Crippen molar-refractivity contribution in [3.63, 3.8) is 0 Å². The molecule has 0 unspecified atom stereocenters. The smallest absolute Gasteiger partial charge is 0.103 e. The van der Waals surface area contributed by atoms with Crippen LogP contribution in [-0.4, -0.2) is 5.31 Å². The van der Waals surface area contributed by atoms with Crippen molar-refractivity contribution in [2.24, 2.45) is 0 Å². The zero-order valence-corrected chi connectivity index (χ0v) is 12.2. The number of rotatable bonds is 2. The van der Waals surface area contributed by atoms with E-state index in [1.54, 1.807) is 0 Å². The van der Waals surface area contributed by atoms with Crippen LogP contribution in [0.4, 0.5) is 0 Å². The van der Waals surface area contributed by atoms with Crippen molar-refractivity contribution in [2.75, 3.05) is 0 Å². The van der Waals surface area contributed by atoms with Crippen molar-refractivity contribution < 1.29 is 0 Å². The number of halogens is 2. The molecule has 0 aliphatic heterocycles. The van der Waals surface area contributed by atoms with Crippen molar-refractivity contribution in [3.8, 4) is 11.5 Å². The van der Waals surface area contributed by atoms with Crippen molar-refractivity contribution >= 4 is 35.9 Å². The molecule has 0 heterocycles. The molecule has 0 spiro atoms. The fourth-order valence-corrected chi connectivity index (χ4v) is 2.32. The Morgan fingerprint density at radius 3 is 2.43 bits per heavy atom. The largest absolute Gasteiger partial charge is 0.274 e. The summed E-state index contributed by atoms with van der Waals surface area (Å²) < 4.78 is 0. The third-order valence-corrected chi connectivity index (χ3v) is 7.84. The Morgan fingerprint density at radius 2 is 1.86 bits per heavy atom. The van der Waals surface area contributed by atoms with Gasteiger partial charge in [0.2, 0.25) is 0 Å². The fraction of sp³-hybridized carbons (Fsp3) is 0.273. The van der Waals surface area contributed by atoms with Gasteiger partial charge in [0.15, 0.2) is 0 Å². The maximum atomic E-state index is 3.64. The van der Waals surface area contributed by atoms with Gasteiger partial charge in [-0.25, -0.2) is 0 Å². The van der Waals surface area contributed by atoms with Gasteiger partial charge in [0.05, 0.1) is 0 Å². The molecule has 0 saturated heterocycles. The normalized spacial score (nSPS) is 10.5. The third kappa shape index (κ3) is 4.45. The molecular formula is C11H12Br2Si. The molecule has 0 aromatic heterocycles. The maximum absolute atomic E-state index is 3.64. The lowest BCUT2D eigenvalue weighted by Crippen LogP contribution is -2.12. The Hall–Kier alpha value is -0.0431. The minimum absolute atomic E-state index is 0.840. The molecule has 0 aliphatic carbocycles. The number of hydrogen-bond donors (Lipinski definition) is 0. The van der Waals surface area contributed by atoms with E-state index in [4.69, 9.17) is 0 Å². The molecule has 0 aliphatic rings. The molecule has 0 atom stereocenters. The van der Waals surface area contributed by atoms with Gasteiger partial charge >= 0.3 is 0 Å². The van der Waals surface area contributed by atoms with Gasteiger partial charge in [-0.1, -0.05) is 67.8 Å². The quantitative estimate of drug-likeness (QED) is 0.436. The average molecular weight is 332 g/mol. The highest BCUT2D eigenvalue weighted by molar-refractivity contribution is 9.51. The Bertz CT molecular complexity index is 335. The van der Waals surface area contributed by atoms with Crippen LogP contribution < -0.4 is 0 Å². The molecule has 14 heavy (non-hydrogen) atoms. The van der Waals surface area contributed by atoms with Gasteiger partial charge in [-0.15, -0.1) is 11.5 Å². The van der Waals surface area contributed by atoms with E-state index in [1.807, 2.05) is 18.2 Å². The van der Waals surface area contributed by atoms with Gasteiger partial charge in [0.1, 0.15) is 0 Å². The first kappa shape index (κ1) is 12.0. The minimum Gasteiger partial charge on any atom is -0.103 e. The van der Waals surface area contributed by atoms with Gasteiger partial charge in [0.25, 0.3) is 5.31 Å². The zero-order chi connectivity index (χ0) is 10.4. The summed E-state index contributed by atoms with van der Waals surface area (Å²) in [7, 11) is 0. The molecule has 0 saturated carbocycles. The van der Waals surface area contributed by atoms with Gasteiger partial charge in [-0.05, 0) is 11.6 Å². The minimum atomic E-state index is -1.57. The summed E-state index contributed by atoms with van der Waals surface area (Å²) in [5, 5.41) is -1.57. The van der Waals surface area contributed by atoms with Crippen LogP contribution in [0, 0.1) is 11.5 Å². The summed E-state index contributed by atoms with van der Waals surface area (Å²) >= 11 is 7.27. The summed E-state index contributed by atoms with van der Waals surface area (Å²) in [6.45, 7) is 2.15. The van der Waals surface area contributed by atoms with E-state index in [9.17, 15) is 0 Å². The summed E-state index contributed by atoms with van der Waals surface area (Å²) in [6, 6.07) is 11.4. The van der Waals surface area contributed by atoms with E-state index in [1.165, 1.54) is 5.56 Å². The second kappa shape index (κ2) is 5.74. The van der Waals surface area contributed by atoms with Crippen LogP contribution in [0.15, 0.2) is 30.3 Å². The van der Waals surface area contributed by atoms with E-state index >= 15 is 0 Å². The van der Waals surface area contributed by atoms with E-state index in [0.717, 1.165) is 12.5 Å². The van der Waals surface area contributed by atoms with Crippen LogP contribution in [0.3, 0.4) is 0 Å². The van der Waals surface area contributed by atoms with E-state index in [0.29, 0.717) is 0 Å². The monoisotopic (exact) mass is 330 g/mol. The van der Waals surface area contributed by atoms with E-state index in [2.05, 4.69) is 61.1 Å². The molecular weight excluding hydrogens is 320 g/mol. The summed E-state index contributed by atoms with van der Waals surface area (Å²) in [4.78, 5) is 0. The predicted molar refractivity (Wildman–Crippen MR) is 72.0 cm³/mol. The van der Waals surface area contributed by atoms with Crippen molar-refractivity contribution in [2.45, 2.75) is 19.4 Å². The summed E-state index contributed by atoms with van der Waals surface area (Å²) in [5.74, 6) is 3.21. The molecule has 3 heteroatoms. The standard InChI is InChI=1S/C11H12Br2Si/c1-2-14(12,13)10-6-9-11-7-4-3-5-8-11/h3-5,7-8H,2,9H2,1H3. The van der Waals surface area contributed by atoms with E-state index < -0.39 is 5.31 Å².